The van der Waals surface area contributed by atoms with Gasteiger partial charge in [-0.05, 0) is 36.8 Å². The van der Waals surface area contributed by atoms with Gasteiger partial charge in [-0.1, -0.05) is 0 Å². The van der Waals surface area contributed by atoms with E-state index in [4.69, 9.17) is 20.2 Å². The third kappa shape index (κ3) is 4.31. The Balaban J connectivity index is 2.19. The molecule has 5 heteroatoms. The van der Waals surface area contributed by atoms with Gasteiger partial charge in [0.1, 0.15) is 5.82 Å². The van der Waals surface area contributed by atoms with Gasteiger partial charge in [0.15, 0.2) is 0 Å². The predicted octanol–water partition coefficient (Wildman–Crippen LogP) is 2.31. The number of hydrogen-bond acceptors (Lipinski definition) is 5. The second kappa shape index (κ2) is 7.81. The summed E-state index contributed by atoms with van der Waals surface area (Å²) in [6.45, 7) is 3.13. The van der Waals surface area contributed by atoms with Gasteiger partial charge < -0.3 is 20.1 Å². The van der Waals surface area contributed by atoms with Gasteiger partial charge in [0.2, 0.25) is 0 Å². The van der Waals surface area contributed by atoms with E-state index in [0.717, 1.165) is 48.5 Å². The maximum Gasteiger partial charge on any atom is 0.129 e. The fourth-order valence-corrected chi connectivity index (χ4v) is 2.25. The summed E-state index contributed by atoms with van der Waals surface area (Å²) in [5, 5.41) is 1.06. The average molecular weight is 289 g/mol. The molecule has 21 heavy (non-hydrogen) atoms. The maximum absolute atomic E-state index is 5.80. The van der Waals surface area contributed by atoms with E-state index >= 15 is 0 Å². The predicted molar refractivity (Wildman–Crippen MR) is 86.7 cm³/mol. The summed E-state index contributed by atoms with van der Waals surface area (Å²) in [6.07, 6.45) is 0.960. The number of aromatic nitrogens is 1. The van der Waals surface area contributed by atoms with Crippen LogP contribution in [0.15, 0.2) is 30.3 Å². The molecular formula is C16H23N3O2. The third-order valence-electron chi connectivity index (χ3n) is 3.36. The zero-order valence-corrected chi connectivity index (χ0v) is 12.7. The molecular weight excluding hydrogens is 266 g/mol. The van der Waals surface area contributed by atoms with Crippen LogP contribution < -0.4 is 10.6 Å². The minimum Gasteiger partial charge on any atom is -0.399 e. The highest BCUT2D eigenvalue weighted by Gasteiger charge is 2.08. The number of nitrogens with zero attached hydrogens (tertiary/aromatic N) is 2. The molecule has 2 rings (SSSR count). The lowest BCUT2D eigenvalue weighted by molar-refractivity contribution is 0.191. The molecule has 0 saturated carbocycles. The van der Waals surface area contributed by atoms with Crippen molar-refractivity contribution in [2.75, 3.05) is 51.2 Å². The largest absolute Gasteiger partial charge is 0.399 e. The van der Waals surface area contributed by atoms with Crippen molar-refractivity contribution in [2.24, 2.45) is 0 Å². The van der Waals surface area contributed by atoms with E-state index in [1.54, 1.807) is 14.2 Å². The summed E-state index contributed by atoms with van der Waals surface area (Å²) in [5.74, 6) is 0.959. The molecule has 0 bridgehead atoms. The lowest BCUT2D eigenvalue weighted by atomic mass is 10.2. The molecule has 0 spiro atoms. The number of anilines is 2. The first-order valence-corrected chi connectivity index (χ1v) is 7.13. The summed E-state index contributed by atoms with van der Waals surface area (Å²) in [4.78, 5) is 6.94. The second-order valence-electron chi connectivity index (χ2n) is 4.95. The van der Waals surface area contributed by atoms with Crippen LogP contribution in [0.5, 0.6) is 0 Å². The topological polar surface area (TPSA) is 60.6 Å². The van der Waals surface area contributed by atoms with Crippen LogP contribution in [0.1, 0.15) is 6.42 Å². The Morgan fingerprint density at radius 1 is 1.05 bits per heavy atom. The quantitative estimate of drug-likeness (QED) is 0.597. The number of nitrogens with two attached hydrogens (primary N) is 1. The molecule has 0 aliphatic carbocycles. The van der Waals surface area contributed by atoms with Crippen LogP contribution in [0.3, 0.4) is 0 Å². The molecule has 2 aromatic rings. The second-order valence-corrected chi connectivity index (χ2v) is 4.95. The van der Waals surface area contributed by atoms with Gasteiger partial charge in [-0.15, -0.1) is 0 Å². The first-order valence-electron chi connectivity index (χ1n) is 7.13. The van der Waals surface area contributed by atoms with Gasteiger partial charge in [0, 0.05) is 45.0 Å². The lowest BCUT2D eigenvalue weighted by Gasteiger charge is -2.23. The molecule has 0 aliphatic heterocycles. The number of hydrogen-bond donors (Lipinski definition) is 1. The fourth-order valence-electron chi connectivity index (χ4n) is 2.25. The summed E-state index contributed by atoms with van der Waals surface area (Å²) in [5.41, 5.74) is 7.51. The van der Waals surface area contributed by atoms with Crippen molar-refractivity contribution in [1.82, 2.24) is 4.98 Å². The molecule has 5 nitrogen and oxygen atoms in total. The molecule has 0 unspecified atom stereocenters. The maximum atomic E-state index is 5.80. The Morgan fingerprint density at radius 3 is 2.62 bits per heavy atom. The van der Waals surface area contributed by atoms with Crippen LogP contribution in [-0.4, -0.2) is 45.5 Å². The van der Waals surface area contributed by atoms with E-state index < -0.39 is 0 Å². The van der Waals surface area contributed by atoms with Gasteiger partial charge in [-0.3, -0.25) is 0 Å². The van der Waals surface area contributed by atoms with Crippen molar-refractivity contribution in [3.63, 3.8) is 0 Å². The van der Waals surface area contributed by atoms with Gasteiger partial charge in [-0.2, -0.15) is 0 Å². The van der Waals surface area contributed by atoms with Crippen LogP contribution in [0.2, 0.25) is 0 Å². The number of pyridine rings is 1. The Kier molecular flexibility index (Phi) is 5.78. The molecule has 1 aromatic carbocycles. The molecule has 0 atom stereocenters. The van der Waals surface area contributed by atoms with Crippen molar-refractivity contribution in [1.29, 1.82) is 0 Å². The lowest BCUT2D eigenvalue weighted by Crippen LogP contribution is -2.29. The number of methoxy groups -OCH3 is 2. The Hall–Kier alpha value is -1.85. The summed E-state index contributed by atoms with van der Waals surface area (Å²) in [7, 11) is 3.43. The minimum atomic E-state index is 0.675. The van der Waals surface area contributed by atoms with Crippen molar-refractivity contribution in [2.45, 2.75) is 6.42 Å². The van der Waals surface area contributed by atoms with Crippen molar-refractivity contribution < 1.29 is 9.47 Å². The van der Waals surface area contributed by atoms with Crippen molar-refractivity contribution in [3.05, 3.63) is 30.3 Å². The highest BCUT2D eigenvalue weighted by atomic mass is 16.5. The van der Waals surface area contributed by atoms with Crippen LogP contribution in [0.25, 0.3) is 10.9 Å². The molecule has 1 heterocycles. The standard InChI is InChI=1S/C16H23N3O2/c1-20-10-3-8-19(9-11-21-2)16-7-4-13-12-14(17)5-6-15(13)18-16/h4-7,12H,3,8-11,17H2,1-2H3. The molecule has 1 aromatic heterocycles. The first kappa shape index (κ1) is 15.5. The Bertz CT molecular complexity index is 574. The normalized spacial score (nSPS) is 11.0. The Labute approximate surface area is 125 Å². The van der Waals surface area contributed by atoms with Crippen LogP contribution in [0.4, 0.5) is 11.5 Å². The zero-order valence-electron chi connectivity index (χ0n) is 12.7. The summed E-state index contributed by atoms with van der Waals surface area (Å²) < 4.78 is 10.3. The number of ether oxygens (including phenoxy) is 2. The monoisotopic (exact) mass is 289 g/mol. The molecule has 0 saturated heterocycles. The van der Waals surface area contributed by atoms with E-state index in [0.29, 0.717) is 6.61 Å². The SMILES string of the molecule is COCCCN(CCOC)c1ccc2cc(N)ccc2n1. The number of benzene rings is 1. The zero-order chi connectivity index (χ0) is 15.1. The fraction of sp³-hybridized carbons (Fsp3) is 0.438. The van der Waals surface area contributed by atoms with Crippen LogP contribution in [0, 0.1) is 0 Å². The highest BCUT2D eigenvalue weighted by molar-refractivity contribution is 5.83. The van der Waals surface area contributed by atoms with Gasteiger partial charge >= 0.3 is 0 Å². The number of nitrogen functional groups attached to an aromatic ring is 1. The third-order valence-corrected chi connectivity index (χ3v) is 3.36. The smallest absolute Gasteiger partial charge is 0.129 e. The number of fused-ring (bicyclic) bond motifs is 1. The van der Waals surface area contributed by atoms with E-state index in [2.05, 4.69) is 11.0 Å². The van der Waals surface area contributed by atoms with Crippen molar-refractivity contribution in [3.8, 4) is 0 Å². The van der Waals surface area contributed by atoms with Gasteiger partial charge in [0.25, 0.3) is 0 Å². The van der Waals surface area contributed by atoms with Gasteiger partial charge in [-0.25, -0.2) is 4.98 Å². The highest BCUT2D eigenvalue weighted by Crippen LogP contribution is 2.20. The minimum absolute atomic E-state index is 0.675. The van der Waals surface area contributed by atoms with E-state index in [1.165, 1.54) is 0 Å². The van der Waals surface area contributed by atoms with Crippen LogP contribution >= 0.6 is 0 Å². The summed E-state index contributed by atoms with van der Waals surface area (Å²) in [6, 6.07) is 9.87. The molecule has 0 radical (unpaired) electrons. The van der Waals surface area contributed by atoms with Crippen LogP contribution in [-0.2, 0) is 9.47 Å². The van der Waals surface area contributed by atoms with Crippen molar-refractivity contribution >= 4 is 22.4 Å². The molecule has 2 N–H and O–H groups in total. The van der Waals surface area contributed by atoms with E-state index in [9.17, 15) is 0 Å². The molecule has 0 fully saturated rings. The summed E-state index contributed by atoms with van der Waals surface area (Å²) >= 11 is 0. The Morgan fingerprint density at radius 2 is 1.86 bits per heavy atom. The molecule has 114 valence electrons. The van der Waals surface area contributed by atoms with E-state index in [-0.39, 0.29) is 0 Å². The van der Waals surface area contributed by atoms with Gasteiger partial charge in [0.05, 0.1) is 12.1 Å². The molecule has 0 amide bonds. The number of rotatable bonds is 8. The first-order chi connectivity index (χ1) is 10.2. The van der Waals surface area contributed by atoms with E-state index in [1.807, 2.05) is 24.3 Å². The average Bonchev–Trinajstić information content (AvgIpc) is 2.50. The molecule has 0 aliphatic rings.